The lowest BCUT2D eigenvalue weighted by molar-refractivity contribution is -0.173. The Bertz CT molecular complexity index is 313. The molecule has 0 aliphatic heterocycles. The molecule has 0 bridgehead atoms. The van der Waals surface area contributed by atoms with Gasteiger partial charge >= 0.3 is 6.09 Å². The van der Waals surface area contributed by atoms with Gasteiger partial charge in [-0.1, -0.05) is 13.3 Å². The van der Waals surface area contributed by atoms with Crippen LogP contribution in [-0.4, -0.2) is 43.4 Å². The van der Waals surface area contributed by atoms with Gasteiger partial charge < -0.3 is 10.1 Å². The fraction of sp³-hybridized carbons (Fsp3) is 0.857. The van der Waals surface area contributed by atoms with Gasteiger partial charge in [0.25, 0.3) is 0 Å². The summed E-state index contributed by atoms with van der Waals surface area (Å²) in [6.07, 6.45) is 2.04. The number of carbonyl (C=O) groups is 2. The van der Waals surface area contributed by atoms with Gasteiger partial charge in [0, 0.05) is 19.5 Å². The normalized spacial score (nSPS) is 12.7. The molecule has 0 aromatic rings. The van der Waals surface area contributed by atoms with Gasteiger partial charge in [0.05, 0.1) is 7.11 Å². The average Bonchev–Trinajstić information content (AvgIpc) is 2.34. The minimum absolute atomic E-state index is 0.0346. The summed E-state index contributed by atoms with van der Waals surface area (Å²) >= 11 is 0. The van der Waals surface area contributed by atoms with Crippen LogP contribution >= 0.6 is 0 Å². The van der Waals surface area contributed by atoms with Crippen molar-refractivity contribution >= 4 is 12.0 Å². The molecule has 0 radical (unpaired) electrons. The van der Waals surface area contributed by atoms with Gasteiger partial charge in [-0.2, -0.15) is 0 Å². The molecule has 0 fully saturated rings. The van der Waals surface area contributed by atoms with Crippen molar-refractivity contribution in [1.29, 1.82) is 0 Å². The second kappa shape index (κ2) is 8.79. The standard InChI is InChI=1S/C14H28N2O4/c1-11(12(17)16(5)19-6)9-7-8-10-15-13(18)20-14(2,3)4/h11H,7-10H2,1-6H3,(H,15,18)/t11-/m0/s1. The van der Waals surface area contributed by atoms with Crippen molar-refractivity contribution in [3.63, 3.8) is 0 Å². The van der Waals surface area contributed by atoms with Crippen molar-refractivity contribution in [2.45, 2.75) is 52.6 Å². The third-order valence-electron chi connectivity index (χ3n) is 2.74. The number of amides is 2. The lowest BCUT2D eigenvalue weighted by Crippen LogP contribution is -2.33. The van der Waals surface area contributed by atoms with Crippen molar-refractivity contribution in [3.8, 4) is 0 Å². The van der Waals surface area contributed by atoms with Gasteiger partial charge in [-0.05, 0) is 33.6 Å². The number of carbonyl (C=O) groups excluding carboxylic acids is 2. The predicted octanol–water partition coefficient (Wildman–Crippen LogP) is 2.34. The molecule has 1 N–H and O–H groups in total. The van der Waals surface area contributed by atoms with Gasteiger partial charge in [0.15, 0.2) is 0 Å². The molecule has 0 unspecified atom stereocenters. The number of hydrogen-bond donors (Lipinski definition) is 1. The number of rotatable bonds is 7. The molecule has 0 aliphatic rings. The Kier molecular flexibility index (Phi) is 8.22. The van der Waals surface area contributed by atoms with Crippen LogP contribution in [0.3, 0.4) is 0 Å². The van der Waals surface area contributed by atoms with Crippen molar-refractivity contribution in [2.24, 2.45) is 5.92 Å². The van der Waals surface area contributed by atoms with Gasteiger partial charge in [-0.15, -0.1) is 0 Å². The third kappa shape index (κ3) is 8.74. The lowest BCUT2D eigenvalue weighted by atomic mass is 10.0. The molecule has 1 atom stereocenters. The smallest absolute Gasteiger partial charge is 0.407 e. The molecule has 0 rings (SSSR count). The summed E-state index contributed by atoms with van der Waals surface area (Å²) < 4.78 is 5.12. The van der Waals surface area contributed by atoms with Gasteiger partial charge in [0.1, 0.15) is 5.60 Å². The first-order valence-electron chi connectivity index (χ1n) is 6.96. The third-order valence-corrected chi connectivity index (χ3v) is 2.74. The van der Waals surface area contributed by atoms with E-state index in [4.69, 9.17) is 9.57 Å². The van der Waals surface area contributed by atoms with E-state index in [9.17, 15) is 9.59 Å². The van der Waals surface area contributed by atoms with Crippen molar-refractivity contribution in [1.82, 2.24) is 10.4 Å². The quantitative estimate of drug-likeness (QED) is 0.577. The largest absolute Gasteiger partial charge is 0.444 e. The number of hydroxylamine groups is 2. The zero-order valence-electron chi connectivity index (χ0n) is 13.5. The summed E-state index contributed by atoms with van der Waals surface area (Å²) in [4.78, 5) is 27.9. The predicted molar refractivity (Wildman–Crippen MR) is 77.0 cm³/mol. The maximum atomic E-state index is 11.7. The van der Waals surface area contributed by atoms with E-state index < -0.39 is 11.7 Å². The molecule has 20 heavy (non-hydrogen) atoms. The van der Waals surface area contributed by atoms with Crippen molar-refractivity contribution in [2.75, 3.05) is 20.7 Å². The summed E-state index contributed by atoms with van der Waals surface area (Å²) in [5.74, 6) is -0.117. The van der Waals surface area contributed by atoms with E-state index in [-0.39, 0.29) is 11.8 Å². The molecular formula is C14H28N2O4. The Morgan fingerprint density at radius 2 is 1.85 bits per heavy atom. The zero-order chi connectivity index (χ0) is 15.8. The second-order valence-electron chi connectivity index (χ2n) is 5.84. The first kappa shape index (κ1) is 18.7. The first-order valence-corrected chi connectivity index (χ1v) is 6.96. The highest BCUT2D eigenvalue weighted by Crippen LogP contribution is 2.11. The summed E-state index contributed by atoms with van der Waals surface area (Å²) in [6.45, 7) is 7.90. The number of unbranched alkanes of at least 4 members (excludes halogenated alkanes) is 1. The molecule has 118 valence electrons. The molecule has 0 spiro atoms. The van der Waals surface area contributed by atoms with E-state index in [0.717, 1.165) is 19.3 Å². The van der Waals surface area contributed by atoms with E-state index in [1.54, 1.807) is 7.05 Å². The topological polar surface area (TPSA) is 67.9 Å². The molecule has 0 aromatic carbocycles. The van der Waals surface area contributed by atoms with Crippen LogP contribution in [0.5, 0.6) is 0 Å². The van der Waals surface area contributed by atoms with E-state index in [2.05, 4.69) is 5.32 Å². The molecular weight excluding hydrogens is 260 g/mol. The van der Waals surface area contributed by atoms with E-state index >= 15 is 0 Å². The van der Waals surface area contributed by atoms with Crippen LogP contribution in [0.4, 0.5) is 4.79 Å². The molecule has 0 aromatic heterocycles. The van der Waals surface area contributed by atoms with Gasteiger partial charge in [0.2, 0.25) is 5.91 Å². The maximum Gasteiger partial charge on any atom is 0.407 e. The molecule has 0 aliphatic carbocycles. The second-order valence-corrected chi connectivity index (χ2v) is 5.84. The Balaban J connectivity index is 3.72. The highest BCUT2D eigenvalue weighted by atomic mass is 16.7. The Hall–Kier alpha value is -1.30. The van der Waals surface area contributed by atoms with Crippen LogP contribution in [0.1, 0.15) is 47.0 Å². The average molecular weight is 288 g/mol. The first-order chi connectivity index (χ1) is 9.17. The van der Waals surface area contributed by atoms with Crippen LogP contribution in [0.15, 0.2) is 0 Å². The zero-order valence-corrected chi connectivity index (χ0v) is 13.5. The molecule has 6 heteroatoms. The number of ether oxygens (including phenoxy) is 1. The van der Waals surface area contributed by atoms with Crippen LogP contribution in [-0.2, 0) is 14.4 Å². The highest BCUT2D eigenvalue weighted by Gasteiger charge is 2.17. The van der Waals surface area contributed by atoms with Crippen molar-refractivity contribution < 1.29 is 19.2 Å². The van der Waals surface area contributed by atoms with Crippen LogP contribution in [0.25, 0.3) is 0 Å². The molecule has 0 saturated carbocycles. The van der Waals surface area contributed by atoms with Crippen LogP contribution in [0.2, 0.25) is 0 Å². The number of alkyl carbamates (subject to hydrolysis) is 1. The fourth-order valence-electron chi connectivity index (χ4n) is 1.60. The van der Waals surface area contributed by atoms with E-state index in [1.165, 1.54) is 12.2 Å². The summed E-state index contributed by atoms with van der Waals surface area (Å²) in [5.41, 5.74) is -0.476. The minimum atomic E-state index is -0.476. The Morgan fingerprint density at radius 3 is 2.35 bits per heavy atom. The van der Waals surface area contributed by atoms with Gasteiger partial charge in [-0.3, -0.25) is 9.63 Å². The minimum Gasteiger partial charge on any atom is -0.444 e. The Labute approximate surface area is 121 Å². The van der Waals surface area contributed by atoms with Crippen LogP contribution < -0.4 is 5.32 Å². The van der Waals surface area contributed by atoms with Crippen LogP contribution in [0, 0.1) is 5.92 Å². The van der Waals surface area contributed by atoms with Gasteiger partial charge in [-0.25, -0.2) is 9.86 Å². The summed E-state index contributed by atoms with van der Waals surface area (Å²) in [7, 11) is 3.07. The fourth-order valence-corrected chi connectivity index (χ4v) is 1.60. The summed E-state index contributed by atoms with van der Waals surface area (Å²) in [5, 5.41) is 3.93. The van der Waals surface area contributed by atoms with Crippen molar-refractivity contribution in [3.05, 3.63) is 0 Å². The Morgan fingerprint density at radius 1 is 1.25 bits per heavy atom. The monoisotopic (exact) mass is 288 g/mol. The number of hydrogen-bond acceptors (Lipinski definition) is 4. The van der Waals surface area contributed by atoms with E-state index in [0.29, 0.717) is 6.54 Å². The molecule has 0 saturated heterocycles. The maximum absolute atomic E-state index is 11.7. The number of nitrogens with one attached hydrogen (secondary N) is 1. The van der Waals surface area contributed by atoms with E-state index in [1.807, 2.05) is 27.7 Å². The molecule has 0 heterocycles. The lowest BCUT2D eigenvalue weighted by Gasteiger charge is -2.20. The SMILES string of the molecule is CON(C)C(=O)[C@@H](C)CCCCNC(=O)OC(C)(C)C. The molecule has 2 amide bonds. The molecule has 6 nitrogen and oxygen atoms in total. The highest BCUT2D eigenvalue weighted by molar-refractivity contribution is 5.77. The number of nitrogens with zero attached hydrogens (tertiary/aromatic N) is 1. The summed E-state index contributed by atoms with van der Waals surface area (Å²) in [6, 6.07) is 0.